The number of rotatable bonds is 2. The first-order valence-corrected chi connectivity index (χ1v) is 7.39. The van der Waals surface area contributed by atoms with Crippen molar-refractivity contribution in [3.63, 3.8) is 0 Å². The van der Waals surface area contributed by atoms with Crippen LogP contribution in [0, 0.1) is 0 Å². The molecule has 0 aromatic carbocycles. The van der Waals surface area contributed by atoms with Crippen molar-refractivity contribution in [2.24, 2.45) is 0 Å². The van der Waals surface area contributed by atoms with Crippen molar-refractivity contribution in [3.05, 3.63) is 0 Å². The molecular formula is C15H30N2O2. The van der Waals surface area contributed by atoms with E-state index in [0.717, 1.165) is 25.8 Å². The zero-order valence-corrected chi connectivity index (χ0v) is 13.4. The van der Waals surface area contributed by atoms with Crippen LogP contribution < -0.4 is 5.32 Å². The molecule has 4 nitrogen and oxygen atoms in total. The summed E-state index contributed by atoms with van der Waals surface area (Å²) < 4.78 is 5.56. The maximum absolute atomic E-state index is 12.4. The maximum atomic E-state index is 12.4. The van der Waals surface area contributed by atoms with Gasteiger partial charge in [-0.15, -0.1) is 0 Å². The molecule has 1 unspecified atom stereocenters. The van der Waals surface area contributed by atoms with Crippen LogP contribution >= 0.6 is 0 Å². The summed E-state index contributed by atoms with van der Waals surface area (Å²) in [7, 11) is 0. The fourth-order valence-corrected chi connectivity index (χ4v) is 2.51. The predicted molar refractivity (Wildman–Crippen MR) is 78.3 cm³/mol. The van der Waals surface area contributed by atoms with Gasteiger partial charge in [0.25, 0.3) is 0 Å². The highest BCUT2D eigenvalue weighted by Gasteiger charge is 2.34. The number of carbonyl (C=O) groups is 1. The summed E-state index contributed by atoms with van der Waals surface area (Å²) in [6.07, 6.45) is 2.94. The molecule has 0 aromatic rings. The molecule has 1 aliphatic heterocycles. The van der Waals surface area contributed by atoms with Crippen LogP contribution in [-0.2, 0) is 4.74 Å². The summed E-state index contributed by atoms with van der Waals surface area (Å²) in [6, 6.07) is 0.286. The largest absolute Gasteiger partial charge is 0.444 e. The third kappa shape index (κ3) is 5.39. The van der Waals surface area contributed by atoms with Crippen molar-refractivity contribution in [1.29, 1.82) is 0 Å². The zero-order valence-electron chi connectivity index (χ0n) is 13.4. The Kier molecular flexibility index (Phi) is 5.25. The quantitative estimate of drug-likeness (QED) is 0.838. The summed E-state index contributed by atoms with van der Waals surface area (Å²) in [4.78, 5) is 14.3. The van der Waals surface area contributed by atoms with Crippen LogP contribution in [0.4, 0.5) is 4.79 Å². The maximum Gasteiger partial charge on any atom is 0.410 e. The minimum Gasteiger partial charge on any atom is -0.444 e. The molecule has 1 amide bonds. The molecule has 1 saturated heterocycles. The molecule has 19 heavy (non-hydrogen) atoms. The van der Waals surface area contributed by atoms with E-state index < -0.39 is 5.60 Å². The third-order valence-corrected chi connectivity index (χ3v) is 3.34. The summed E-state index contributed by atoms with van der Waals surface area (Å²) in [5.74, 6) is 0. The number of hydrogen-bond donors (Lipinski definition) is 1. The van der Waals surface area contributed by atoms with Gasteiger partial charge >= 0.3 is 6.09 Å². The molecular weight excluding hydrogens is 240 g/mol. The van der Waals surface area contributed by atoms with Crippen molar-refractivity contribution in [1.82, 2.24) is 10.2 Å². The first kappa shape index (κ1) is 16.3. The summed E-state index contributed by atoms with van der Waals surface area (Å²) >= 11 is 0. The molecule has 4 heteroatoms. The van der Waals surface area contributed by atoms with Crippen LogP contribution in [0.15, 0.2) is 0 Å². The molecule has 0 radical (unpaired) electrons. The van der Waals surface area contributed by atoms with Gasteiger partial charge in [-0.25, -0.2) is 4.79 Å². The lowest BCUT2D eigenvalue weighted by atomic mass is 10.0. The second-order valence-corrected chi connectivity index (χ2v) is 7.15. The van der Waals surface area contributed by atoms with Gasteiger partial charge in [0.05, 0.1) is 0 Å². The van der Waals surface area contributed by atoms with E-state index in [2.05, 4.69) is 26.1 Å². The van der Waals surface area contributed by atoms with Gasteiger partial charge in [0.1, 0.15) is 5.60 Å². The molecule has 1 N–H and O–H groups in total. The molecule has 0 spiro atoms. The van der Waals surface area contributed by atoms with Crippen LogP contribution in [0.25, 0.3) is 0 Å². The van der Waals surface area contributed by atoms with Gasteiger partial charge in [0.2, 0.25) is 0 Å². The molecule has 0 bridgehead atoms. The Morgan fingerprint density at radius 2 is 2.05 bits per heavy atom. The standard InChI is InChI=1S/C15H30N2O2/c1-7-8-12-9-10-16-15(5,6)11-17(12)13(18)19-14(2,3)4/h12,16H,7-11H2,1-6H3. The van der Waals surface area contributed by atoms with Crippen LogP contribution in [0.5, 0.6) is 0 Å². The SMILES string of the molecule is CCCC1CCNC(C)(C)CN1C(=O)OC(C)(C)C. The molecule has 112 valence electrons. The number of carbonyl (C=O) groups excluding carboxylic acids is 1. The van der Waals surface area contributed by atoms with Gasteiger partial charge in [-0.1, -0.05) is 13.3 Å². The lowest BCUT2D eigenvalue weighted by molar-refractivity contribution is 0.0124. The molecule has 0 aliphatic carbocycles. The zero-order chi connectivity index (χ0) is 14.7. The molecule has 1 atom stereocenters. The number of nitrogens with one attached hydrogen (secondary N) is 1. The fraction of sp³-hybridized carbons (Fsp3) is 0.933. The Morgan fingerprint density at radius 1 is 1.42 bits per heavy atom. The van der Waals surface area contributed by atoms with Gasteiger partial charge in [0.15, 0.2) is 0 Å². The predicted octanol–water partition coefficient (Wildman–Crippen LogP) is 3.16. The highest BCUT2D eigenvalue weighted by Crippen LogP contribution is 2.22. The Hall–Kier alpha value is -0.770. The second-order valence-electron chi connectivity index (χ2n) is 7.15. The smallest absolute Gasteiger partial charge is 0.410 e. The van der Waals surface area contributed by atoms with E-state index in [1.165, 1.54) is 0 Å². The lowest BCUT2D eigenvalue weighted by Crippen LogP contribution is -2.51. The van der Waals surface area contributed by atoms with Crippen LogP contribution in [0.3, 0.4) is 0 Å². The van der Waals surface area contributed by atoms with E-state index in [1.54, 1.807) is 0 Å². The number of amides is 1. The first-order chi connectivity index (χ1) is 8.64. The van der Waals surface area contributed by atoms with Crippen molar-refractivity contribution < 1.29 is 9.53 Å². The lowest BCUT2D eigenvalue weighted by Gasteiger charge is -2.35. The molecule has 1 aliphatic rings. The summed E-state index contributed by atoms with van der Waals surface area (Å²) in [5.41, 5.74) is -0.489. The Morgan fingerprint density at radius 3 is 2.58 bits per heavy atom. The number of nitrogens with zero attached hydrogens (tertiary/aromatic N) is 1. The van der Waals surface area contributed by atoms with E-state index >= 15 is 0 Å². The average Bonchev–Trinajstić information content (AvgIpc) is 2.36. The molecule has 0 saturated carbocycles. The van der Waals surface area contributed by atoms with Crippen molar-refractivity contribution in [3.8, 4) is 0 Å². The highest BCUT2D eigenvalue weighted by molar-refractivity contribution is 5.68. The minimum absolute atomic E-state index is 0.0562. The van der Waals surface area contributed by atoms with Crippen LogP contribution in [0.1, 0.15) is 60.8 Å². The molecule has 1 fully saturated rings. The topological polar surface area (TPSA) is 41.6 Å². The summed E-state index contributed by atoms with van der Waals surface area (Å²) in [6.45, 7) is 13.8. The third-order valence-electron chi connectivity index (χ3n) is 3.34. The molecule has 0 aromatic heterocycles. The number of hydrogen-bond acceptors (Lipinski definition) is 3. The average molecular weight is 270 g/mol. The first-order valence-electron chi connectivity index (χ1n) is 7.39. The van der Waals surface area contributed by atoms with Gasteiger partial charge in [-0.3, -0.25) is 0 Å². The van der Waals surface area contributed by atoms with Crippen LogP contribution in [-0.4, -0.2) is 41.3 Å². The highest BCUT2D eigenvalue weighted by atomic mass is 16.6. The molecule has 1 rings (SSSR count). The van der Waals surface area contributed by atoms with Gasteiger partial charge in [0, 0.05) is 18.1 Å². The van der Waals surface area contributed by atoms with E-state index in [1.807, 2.05) is 25.7 Å². The monoisotopic (exact) mass is 270 g/mol. The van der Waals surface area contributed by atoms with E-state index in [0.29, 0.717) is 6.54 Å². The van der Waals surface area contributed by atoms with Crippen LogP contribution in [0.2, 0.25) is 0 Å². The molecule has 1 heterocycles. The Bertz CT molecular complexity index is 308. The van der Waals surface area contributed by atoms with Gasteiger partial charge in [-0.2, -0.15) is 0 Å². The normalized spacial score (nSPS) is 23.9. The van der Waals surface area contributed by atoms with Gasteiger partial charge < -0.3 is 15.0 Å². The van der Waals surface area contributed by atoms with E-state index in [4.69, 9.17) is 4.74 Å². The van der Waals surface area contributed by atoms with Crippen molar-refractivity contribution in [2.45, 2.75) is 78.0 Å². The van der Waals surface area contributed by atoms with E-state index in [9.17, 15) is 4.79 Å². The second kappa shape index (κ2) is 6.12. The van der Waals surface area contributed by atoms with Gasteiger partial charge in [-0.05, 0) is 54.0 Å². The Balaban J connectivity index is 2.84. The number of ether oxygens (including phenoxy) is 1. The summed E-state index contributed by atoms with van der Waals surface area (Å²) in [5, 5.41) is 3.51. The Labute approximate surface area is 117 Å². The van der Waals surface area contributed by atoms with E-state index in [-0.39, 0.29) is 17.7 Å². The van der Waals surface area contributed by atoms with Crippen molar-refractivity contribution in [2.75, 3.05) is 13.1 Å². The van der Waals surface area contributed by atoms with Crippen molar-refractivity contribution >= 4 is 6.09 Å². The fourth-order valence-electron chi connectivity index (χ4n) is 2.51. The minimum atomic E-state index is -0.433.